The van der Waals surface area contributed by atoms with Crippen LogP contribution in [0.3, 0.4) is 0 Å². The summed E-state index contributed by atoms with van der Waals surface area (Å²) >= 11 is 1.40. The number of carbonyl (C=O) groups excluding carboxylic acids is 2. The molecule has 2 N–H and O–H groups in total. The zero-order valence-electron chi connectivity index (χ0n) is 19.1. The molecule has 1 aromatic heterocycles. The number of cyclic esters (lactones) is 1. The molecule has 2 aromatic rings. The topological polar surface area (TPSA) is 111 Å². The molecule has 0 unspecified atom stereocenters. The molecule has 8 nitrogen and oxygen atoms in total. The van der Waals surface area contributed by atoms with E-state index in [9.17, 15) is 14.7 Å². The van der Waals surface area contributed by atoms with Gasteiger partial charge in [0.1, 0.15) is 28.7 Å². The van der Waals surface area contributed by atoms with Gasteiger partial charge in [-0.25, -0.2) is 4.79 Å². The largest absolute Gasteiger partial charge is 0.507 e. The molecule has 0 aliphatic carbocycles. The van der Waals surface area contributed by atoms with Gasteiger partial charge < -0.3 is 19.9 Å². The van der Waals surface area contributed by atoms with E-state index >= 15 is 0 Å². The average Bonchev–Trinajstić information content (AvgIpc) is 3.33. The first kappa shape index (κ1) is 23.7. The third kappa shape index (κ3) is 5.27. The number of hydrogen-bond donors (Lipinski definition) is 2. The SMILES string of the molecule is COc1c(C)c2c(c(O)c1C/C=C(\C)CCC(=O)Nc1nnc(CC(C)C)s1)C(=O)OC2. The molecule has 1 aliphatic rings. The second kappa shape index (κ2) is 10.1. The molecule has 0 saturated heterocycles. The Morgan fingerprint density at radius 3 is 2.78 bits per heavy atom. The van der Waals surface area contributed by atoms with Crippen molar-refractivity contribution in [3.05, 3.63) is 38.9 Å². The number of hydrogen-bond acceptors (Lipinski definition) is 8. The Morgan fingerprint density at radius 1 is 1.34 bits per heavy atom. The van der Waals surface area contributed by atoms with Crippen LogP contribution in [-0.4, -0.2) is 34.3 Å². The number of nitrogens with zero attached hydrogens (tertiary/aromatic N) is 2. The molecule has 0 fully saturated rings. The van der Waals surface area contributed by atoms with Crippen LogP contribution in [0, 0.1) is 12.8 Å². The molecule has 9 heteroatoms. The summed E-state index contributed by atoms with van der Waals surface area (Å²) in [6.45, 7) is 8.14. The van der Waals surface area contributed by atoms with E-state index in [-0.39, 0.29) is 23.8 Å². The number of esters is 1. The third-order valence-corrected chi connectivity index (χ3v) is 6.21. The summed E-state index contributed by atoms with van der Waals surface area (Å²) < 4.78 is 10.6. The van der Waals surface area contributed by atoms with Crippen LogP contribution in [-0.2, 0) is 29.0 Å². The van der Waals surface area contributed by atoms with Crippen molar-refractivity contribution < 1.29 is 24.2 Å². The minimum absolute atomic E-state index is 0.0970. The van der Waals surface area contributed by atoms with Crippen LogP contribution >= 0.6 is 11.3 Å². The van der Waals surface area contributed by atoms with Crippen LogP contribution in [0.1, 0.15) is 65.7 Å². The Labute approximate surface area is 191 Å². The predicted octanol–water partition coefficient (Wildman–Crippen LogP) is 4.34. The highest BCUT2D eigenvalue weighted by molar-refractivity contribution is 7.15. The Kier molecular flexibility index (Phi) is 7.50. The number of carbonyl (C=O) groups is 2. The molecule has 2 heterocycles. The van der Waals surface area contributed by atoms with Gasteiger partial charge in [0, 0.05) is 24.0 Å². The minimum atomic E-state index is -0.518. The summed E-state index contributed by atoms with van der Waals surface area (Å²) in [5.74, 6) is 0.295. The fourth-order valence-electron chi connectivity index (χ4n) is 3.63. The molecular formula is C23H29N3O5S. The maximum atomic E-state index is 12.3. The molecule has 1 aromatic carbocycles. The number of aromatic nitrogens is 2. The molecular weight excluding hydrogens is 430 g/mol. The van der Waals surface area contributed by atoms with E-state index in [1.54, 1.807) is 0 Å². The summed E-state index contributed by atoms with van der Waals surface area (Å²) in [5, 5.41) is 23.0. The molecule has 172 valence electrons. The molecule has 0 bridgehead atoms. The number of phenolic OH excluding ortho intramolecular Hbond substituents is 1. The van der Waals surface area contributed by atoms with Crippen LogP contribution < -0.4 is 10.1 Å². The smallest absolute Gasteiger partial charge is 0.342 e. The highest BCUT2D eigenvalue weighted by Gasteiger charge is 2.31. The minimum Gasteiger partial charge on any atom is -0.507 e. The Morgan fingerprint density at radius 2 is 2.09 bits per heavy atom. The van der Waals surface area contributed by atoms with E-state index in [1.807, 2.05) is 19.9 Å². The van der Waals surface area contributed by atoms with E-state index in [0.29, 0.717) is 47.2 Å². The highest BCUT2D eigenvalue weighted by atomic mass is 32.1. The van der Waals surface area contributed by atoms with Gasteiger partial charge in [0.15, 0.2) is 0 Å². The summed E-state index contributed by atoms with van der Waals surface area (Å²) in [4.78, 5) is 24.3. The molecule has 0 saturated carbocycles. The standard InChI is InChI=1S/C23H29N3O5S/c1-12(2)10-18-25-26-23(32-18)24-17(27)9-7-13(3)6-8-15-20(28)19-16(11-31-22(19)29)14(4)21(15)30-5/h6,12,28H,7-11H2,1-5H3,(H,24,26,27)/b13-6+. The number of phenols is 1. The number of amides is 1. The van der Waals surface area contributed by atoms with E-state index in [4.69, 9.17) is 9.47 Å². The van der Waals surface area contributed by atoms with Gasteiger partial charge in [-0.3, -0.25) is 4.79 Å². The number of nitrogens with one attached hydrogen (secondary N) is 1. The zero-order chi connectivity index (χ0) is 23.4. The second-order valence-electron chi connectivity index (χ2n) is 8.32. The van der Waals surface area contributed by atoms with Crippen molar-refractivity contribution in [3.63, 3.8) is 0 Å². The van der Waals surface area contributed by atoms with E-state index in [2.05, 4.69) is 29.4 Å². The van der Waals surface area contributed by atoms with E-state index in [0.717, 1.165) is 22.6 Å². The van der Waals surface area contributed by atoms with Gasteiger partial charge >= 0.3 is 5.97 Å². The molecule has 1 amide bonds. The van der Waals surface area contributed by atoms with E-state index in [1.165, 1.54) is 18.4 Å². The van der Waals surface area contributed by atoms with Crippen molar-refractivity contribution in [3.8, 4) is 11.5 Å². The highest BCUT2D eigenvalue weighted by Crippen LogP contribution is 2.42. The third-order valence-electron chi connectivity index (χ3n) is 5.34. The van der Waals surface area contributed by atoms with E-state index < -0.39 is 5.97 Å². The maximum absolute atomic E-state index is 12.3. The van der Waals surface area contributed by atoms with Crippen LogP contribution in [0.2, 0.25) is 0 Å². The number of methoxy groups -OCH3 is 1. The number of ether oxygens (including phenoxy) is 2. The number of fused-ring (bicyclic) bond motifs is 1. The lowest BCUT2D eigenvalue weighted by molar-refractivity contribution is -0.116. The van der Waals surface area contributed by atoms with Crippen LogP contribution in [0.15, 0.2) is 11.6 Å². The second-order valence-corrected chi connectivity index (χ2v) is 9.38. The number of allylic oxidation sites excluding steroid dienone is 2. The Balaban J connectivity index is 1.62. The molecule has 32 heavy (non-hydrogen) atoms. The molecule has 3 rings (SSSR count). The van der Waals surface area contributed by atoms with Crippen molar-refractivity contribution in [2.75, 3.05) is 12.4 Å². The van der Waals surface area contributed by atoms with Crippen molar-refractivity contribution in [2.45, 2.75) is 60.0 Å². The van der Waals surface area contributed by atoms with Crippen LogP contribution in [0.25, 0.3) is 0 Å². The fraction of sp³-hybridized carbons (Fsp3) is 0.478. The lowest BCUT2D eigenvalue weighted by atomic mass is 9.94. The lowest BCUT2D eigenvalue weighted by Gasteiger charge is -2.15. The predicted molar refractivity (Wildman–Crippen MR) is 122 cm³/mol. The van der Waals surface area contributed by atoms with Crippen LogP contribution in [0.4, 0.5) is 5.13 Å². The molecule has 0 spiro atoms. The molecule has 0 atom stereocenters. The van der Waals surface area contributed by atoms with Gasteiger partial charge in [-0.05, 0) is 38.2 Å². The lowest BCUT2D eigenvalue weighted by Crippen LogP contribution is -2.11. The van der Waals surface area contributed by atoms with Gasteiger partial charge in [0.25, 0.3) is 0 Å². The number of anilines is 1. The Bertz CT molecular complexity index is 1060. The molecule has 1 aliphatic heterocycles. The van der Waals surface area contributed by atoms with Crippen molar-refractivity contribution in [1.29, 1.82) is 0 Å². The van der Waals surface area contributed by atoms with Gasteiger partial charge in [0.2, 0.25) is 11.0 Å². The monoisotopic (exact) mass is 459 g/mol. The fourth-order valence-corrected chi connectivity index (χ4v) is 4.60. The average molecular weight is 460 g/mol. The van der Waals surface area contributed by atoms with Gasteiger partial charge in [-0.15, -0.1) is 10.2 Å². The quantitative estimate of drug-likeness (QED) is 0.424. The summed E-state index contributed by atoms with van der Waals surface area (Å²) in [6.07, 6.45) is 4.01. The number of aromatic hydroxyl groups is 1. The van der Waals surface area contributed by atoms with Crippen molar-refractivity contribution in [2.24, 2.45) is 5.92 Å². The number of benzene rings is 1. The molecule has 0 radical (unpaired) electrons. The Hall–Kier alpha value is -2.94. The van der Waals surface area contributed by atoms with Gasteiger partial charge in [-0.2, -0.15) is 0 Å². The normalized spacial score (nSPS) is 13.3. The summed E-state index contributed by atoms with van der Waals surface area (Å²) in [7, 11) is 1.54. The number of rotatable bonds is 9. The first-order valence-corrected chi connectivity index (χ1v) is 11.4. The van der Waals surface area contributed by atoms with Crippen molar-refractivity contribution in [1.82, 2.24) is 10.2 Å². The zero-order valence-corrected chi connectivity index (χ0v) is 19.9. The maximum Gasteiger partial charge on any atom is 0.342 e. The summed E-state index contributed by atoms with van der Waals surface area (Å²) in [6, 6.07) is 0. The first-order chi connectivity index (χ1) is 15.2. The van der Waals surface area contributed by atoms with Gasteiger partial charge in [-0.1, -0.05) is 36.8 Å². The van der Waals surface area contributed by atoms with Crippen LogP contribution in [0.5, 0.6) is 11.5 Å². The van der Waals surface area contributed by atoms with Gasteiger partial charge in [0.05, 0.1) is 7.11 Å². The first-order valence-electron chi connectivity index (χ1n) is 10.6. The van der Waals surface area contributed by atoms with Crippen molar-refractivity contribution >= 4 is 28.3 Å². The summed E-state index contributed by atoms with van der Waals surface area (Å²) in [5.41, 5.74) is 3.20.